The van der Waals surface area contributed by atoms with E-state index in [1.54, 1.807) is 24.4 Å². The molecule has 7 heteroatoms. The quantitative estimate of drug-likeness (QED) is 0.735. The van der Waals surface area contributed by atoms with Gasteiger partial charge in [-0.05, 0) is 23.8 Å². The van der Waals surface area contributed by atoms with Crippen molar-refractivity contribution in [2.75, 3.05) is 19.5 Å². The molecule has 0 atom stereocenters. The third-order valence-corrected chi connectivity index (χ3v) is 3.85. The van der Waals surface area contributed by atoms with E-state index in [1.807, 2.05) is 24.3 Å². The van der Waals surface area contributed by atoms with Gasteiger partial charge in [0.1, 0.15) is 11.5 Å². The molecule has 2 N–H and O–H groups in total. The Morgan fingerprint density at radius 1 is 1.17 bits per heavy atom. The monoisotopic (exact) mass is 410 g/mol. The topological polar surface area (TPSA) is 59.6 Å². The Kier molecular flexibility index (Phi) is 6.52. The van der Waals surface area contributed by atoms with Gasteiger partial charge in [-0.2, -0.15) is 0 Å². The molecule has 126 valence electrons. The Morgan fingerprint density at radius 2 is 1.92 bits per heavy atom. The molecule has 0 unspecified atom stereocenters. The van der Waals surface area contributed by atoms with Gasteiger partial charge in [0, 0.05) is 22.8 Å². The van der Waals surface area contributed by atoms with E-state index in [0.29, 0.717) is 22.2 Å². The molecule has 0 heterocycles. The Bertz CT molecular complexity index is 765. The molecular formula is C17H16BrClN2O3. The van der Waals surface area contributed by atoms with Crippen LogP contribution in [0.4, 0.5) is 10.5 Å². The Hall–Kier alpha value is -2.18. The Morgan fingerprint density at radius 3 is 2.58 bits per heavy atom. The number of hydrogen-bond acceptors (Lipinski definition) is 3. The number of ether oxygens (including phenoxy) is 2. The summed E-state index contributed by atoms with van der Waals surface area (Å²) in [7, 11) is 2.99. The maximum atomic E-state index is 12.0. The number of rotatable bonds is 5. The van der Waals surface area contributed by atoms with Crippen molar-refractivity contribution < 1.29 is 14.3 Å². The summed E-state index contributed by atoms with van der Waals surface area (Å²) in [6.07, 6.45) is 3.33. The van der Waals surface area contributed by atoms with Crippen LogP contribution in [0.15, 0.2) is 47.1 Å². The maximum absolute atomic E-state index is 12.0. The van der Waals surface area contributed by atoms with Crippen LogP contribution >= 0.6 is 27.5 Å². The van der Waals surface area contributed by atoms with Crippen molar-refractivity contribution in [1.29, 1.82) is 0 Å². The highest BCUT2D eigenvalue weighted by Gasteiger charge is 2.11. The molecule has 5 nitrogen and oxygen atoms in total. The molecule has 2 amide bonds. The predicted molar refractivity (Wildman–Crippen MR) is 99.9 cm³/mol. The molecule has 0 radical (unpaired) electrons. The second-order valence-corrected chi connectivity index (χ2v) is 6.00. The number of urea groups is 1. The van der Waals surface area contributed by atoms with Gasteiger partial charge in [0.2, 0.25) is 0 Å². The number of halogens is 2. The largest absolute Gasteiger partial charge is 0.495 e. The zero-order valence-corrected chi connectivity index (χ0v) is 15.4. The minimum atomic E-state index is -0.413. The molecule has 0 aromatic heterocycles. The fraction of sp³-hybridized carbons (Fsp3) is 0.118. The molecule has 0 aliphatic carbocycles. The number of amides is 2. The molecule has 0 spiro atoms. The molecule has 0 saturated carbocycles. The van der Waals surface area contributed by atoms with Gasteiger partial charge in [-0.3, -0.25) is 0 Å². The second kappa shape index (κ2) is 8.61. The summed E-state index contributed by atoms with van der Waals surface area (Å²) >= 11 is 9.43. The van der Waals surface area contributed by atoms with Crippen molar-refractivity contribution in [3.05, 3.63) is 57.7 Å². The van der Waals surface area contributed by atoms with Crippen molar-refractivity contribution in [2.45, 2.75) is 0 Å². The van der Waals surface area contributed by atoms with E-state index in [9.17, 15) is 4.79 Å². The molecule has 24 heavy (non-hydrogen) atoms. The first-order valence-corrected chi connectivity index (χ1v) is 8.11. The first-order chi connectivity index (χ1) is 11.5. The number of methoxy groups -OCH3 is 2. The zero-order chi connectivity index (χ0) is 17.5. The van der Waals surface area contributed by atoms with Gasteiger partial charge in [-0.1, -0.05) is 39.7 Å². The van der Waals surface area contributed by atoms with Crippen LogP contribution in [-0.2, 0) is 0 Å². The van der Waals surface area contributed by atoms with Gasteiger partial charge in [0.15, 0.2) is 0 Å². The highest BCUT2D eigenvalue weighted by molar-refractivity contribution is 9.10. The van der Waals surface area contributed by atoms with E-state index in [4.69, 9.17) is 21.1 Å². The highest BCUT2D eigenvalue weighted by atomic mass is 79.9. The summed E-state index contributed by atoms with van der Waals surface area (Å²) in [6, 6.07) is 10.5. The molecule has 0 fully saturated rings. The minimum absolute atomic E-state index is 0.398. The van der Waals surface area contributed by atoms with Crippen molar-refractivity contribution in [1.82, 2.24) is 5.32 Å². The van der Waals surface area contributed by atoms with E-state index in [1.165, 1.54) is 14.2 Å². The molecule has 0 saturated heterocycles. The lowest BCUT2D eigenvalue weighted by atomic mass is 10.2. The fourth-order valence-corrected chi connectivity index (χ4v) is 2.59. The normalized spacial score (nSPS) is 10.5. The van der Waals surface area contributed by atoms with Gasteiger partial charge >= 0.3 is 6.03 Å². The van der Waals surface area contributed by atoms with Crippen LogP contribution in [0, 0.1) is 0 Å². The third kappa shape index (κ3) is 4.91. The Labute approximate surface area is 153 Å². The SMILES string of the molecule is COc1cc(NC(=O)N/C=C/c2cccc(Br)c2)c(OC)cc1Cl. The van der Waals surface area contributed by atoms with Crippen LogP contribution in [0.2, 0.25) is 5.02 Å². The van der Waals surface area contributed by atoms with E-state index >= 15 is 0 Å². The molecule has 0 bridgehead atoms. The molecule has 0 aliphatic rings. The third-order valence-electron chi connectivity index (χ3n) is 3.06. The van der Waals surface area contributed by atoms with Gasteiger partial charge in [0.25, 0.3) is 0 Å². The highest BCUT2D eigenvalue weighted by Crippen LogP contribution is 2.35. The number of benzene rings is 2. The average Bonchev–Trinajstić information content (AvgIpc) is 2.56. The van der Waals surface area contributed by atoms with Crippen LogP contribution in [0.25, 0.3) is 6.08 Å². The van der Waals surface area contributed by atoms with E-state index in [0.717, 1.165) is 10.0 Å². The maximum Gasteiger partial charge on any atom is 0.323 e. The van der Waals surface area contributed by atoms with Crippen LogP contribution in [0.5, 0.6) is 11.5 Å². The molecule has 2 aromatic carbocycles. The smallest absolute Gasteiger partial charge is 0.323 e. The standard InChI is InChI=1S/C17H16BrClN2O3/c1-23-15-10-14(16(24-2)9-13(15)19)21-17(22)20-7-6-11-4-3-5-12(18)8-11/h3-10H,1-2H3,(H2,20,21,22)/b7-6+. The van der Waals surface area contributed by atoms with E-state index in [2.05, 4.69) is 26.6 Å². The molecular weight excluding hydrogens is 396 g/mol. The van der Waals surface area contributed by atoms with Crippen LogP contribution in [-0.4, -0.2) is 20.3 Å². The lowest BCUT2D eigenvalue weighted by molar-refractivity contribution is 0.255. The van der Waals surface area contributed by atoms with Gasteiger partial charge in [0.05, 0.1) is 24.9 Å². The summed E-state index contributed by atoms with van der Waals surface area (Å²) in [6.45, 7) is 0. The average molecular weight is 412 g/mol. The lowest BCUT2D eigenvalue weighted by Gasteiger charge is -2.12. The summed E-state index contributed by atoms with van der Waals surface area (Å²) in [5.41, 5.74) is 1.41. The first kappa shape index (κ1) is 18.2. The number of carbonyl (C=O) groups excluding carboxylic acids is 1. The minimum Gasteiger partial charge on any atom is -0.495 e. The second-order valence-electron chi connectivity index (χ2n) is 4.67. The first-order valence-electron chi connectivity index (χ1n) is 6.94. The lowest BCUT2D eigenvalue weighted by Crippen LogP contribution is -2.24. The zero-order valence-electron chi connectivity index (χ0n) is 13.1. The van der Waals surface area contributed by atoms with E-state index in [-0.39, 0.29) is 0 Å². The summed E-state index contributed by atoms with van der Waals surface area (Å²) in [5.74, 6) is 0.879. The molecule has 2 aromatic rings. The number of anilines is 1. The number of carbonyl (C=O) groups is 1. The number of nitrogens with one attached hydrogen (secondary N) is 2. The molecule has 0 aliphatic heterocycles. The van der Waals surface area contributed by atoms with Crippen LogP contribution in [0.1, 0.15) is 5.56 Å². The summed E-state index contributed by atoms with van der Waals surface area (Å²) < 4.78 is 11.3. The van der Waals surface area contributed by atoms with Gasteiger partial charge < -0.3 is 20.1 Å². The predicted octanol–water partition coefficient (Wildman–Crippen LogP) is 4.91. The summed E-state index contributed by atoms with van der Waals surface area (Å²) in [5, 5.41) is 5.71. The number of hydrogen-bond donors (Lipinski definition) is 2. The van der Waals surface area contributed by atoms with Crippen LogP contribution < -0.4 is 20.1 Å². The van der Waals surface area contributed by atoms with Crippen molar-refractivity contribution in [2.24, 2.45) is 0 Å². The van der Waals surface area contributed by atoms with E-state index < -0.39 is 6.03 Å². The van der Waals surface area contributed by atoms with Crippen molar-refractivity contribution >= 4 is 45.3 Å². The Balaban J connectivity index is 2.04. The van der Waals surface area contributed by atoms with Crippen molar-refractivity contribution in [3.8, 4) is 11.5 Å². The van der Waals surface area contributed by atoms with Gasteiger partial charge in [-0.25, -0.2) is 4.79 Å². The van der Waals surface area contributed by atoms with Crippen molar-refractivity contribution in [3.63, 3.8) is 0 Å². The molecule has 2 rings (SSSR count). The summed E-state index contributed by atoms with van der Waals surface area (Å²) in [4.78, 5) is 12.0. The van der Waals surface area contributed by atoms with Crippen LogP contribution in [0.3, 0.4) is 0 Å². The van der Waals surface area contributed by atoms with Gasteiger partial charge in [-0.15, -0.1) is 0 Å². The fourth-order valence-electron chi connectivity index (χ4n) is 1.94.